The largest absolute Gasteiger partial charge is 0.366 e. The van der Waals surface area contributed by atoms with E-state index in [0.717, 1.165) is 25.7 Å². The van der Waals surface area contributed by atoms with Gasteiger partial charge in [0.15, 0.2) is 11.5 Å². The summed E-state index contributed by atoms with van der Waals surface area (Å²) in [6.07, 6.45) is 11.1. The molecule has 0 radical (unpaired) electrons. The molecule has 1 saturated carbocycles. The topological polar surface area (TPSA) is 66.4 Å². The molecule has 178 valence electrons. The Kier molecular flexibility index (Phi) is 6.95. The number of carbonyl (C=O) groups excluding carboxylic acids is 2. The Bertz CT molecular complexity index is 901. The van der Waals surface area contributed by atoms with Gasteiger partial charge in [-0.25, -0.2) is 0 Å². The molecular formula is C27H41NO3S. The molecule has 1 amide bonds. The number of fused-ring (bicyclic) bond motifs is 1. The normalized spacial score (nSPS) is 38.0. The molecule has 4 nitrogen and oxygen atoms in total. The summed E-state index contributed by atoms with van der Waals surface area (Å²) in [6, 6.07) is 0. The monoisotopic (exact) mass is 459 g/mol. The molecular weight excluding hydrogens is 418 g/mol. The summed E-state index contributed by atoms with van der Waals surface area (Å²) < 4.78 is 0. The summed E-state index contributed by atoms with van der Waals surface area (Å²) in [4.78, 5) is 28.1. The third-order valence-corrected chi connectivity index (χ3v) is 9.49. The lowest BCUT2D eigenvalue weighted by molar-refractivity contribution is -0.134. The Morgan fingerprint density at radius 1 is 1.31 bits per heavy atom. The van der Waals surface area contributed by atoms with Crippen LogP contribution in [0.2, 0.25) is 0 Å². The van der Waals surface area contributed by atoms with Crippen LogP contribution in [-0.2, 0) is 9.59 Å². The zero-order valence-electron chi connectivity index (χ0n) is 21.1. The van der Waals surface area contributed by atoms with E-state index >= 15 is 0 Å². The molecule has 0 aromatic carbocycles. The fourth-order valence-electron chi connectivity index (χ4n) is 6.77. The van der Waals surface area contributed by atoms with Gasteiger partial charge in [-0.15, -0.1) is 11.8 Å². The second kappa shape index (κ2) is 8.79. The van der Waals surface area contributed by atoms with Gasteiger partial charge >= 0.3 is 0 Å². The van der Waals surface area contributed by atoms with Crippen molar-refractivity contribution >= 4 is 23.5 Å². The number of aliphatic hydroxyl groups is 1. The number of rotatable bonds is 6. The molecule has 0 bridgehead atoms. The Hall–Kier alpha value is -1.33. The van der Waals surface area contributed by atoms with E-state index in [-0.39, 0.29) is 39.9 Å². The van der Waals surface area contributed by atoms with Crippen molar-refractivity contribution in [3.63, 3.8) is 0 Å². The minimum absolute atomic E-state index is 0.0223. The molecule has 3 aliphatic rings. The molecule has 5 heteroatoms. The van der Waals surface area contributed by atoms with Gasteiger partial charge in [0.05, 0.1) is 10.5 Å². The molecule has 0 aromatic rings. The SMILES string of the molecule is C/C=C(\C)[C@@H]1C(C)=C[C@]2(C)CCCC[C@]2(C)[C@@H]1C(=O)C1=C(SC)[C@](O)(CC(C)C)NC1=O. The van der Waals surface area contributed by atoms with E-state index in [1.807, 2.05) is 27.0 Å². The number of Topliss-reactive ketones (excluding diaryl/α,β-unsaturated/α-hetero) is 1. The predicted octanol–water partition coefficient (Wildman–Crippen LogP) is 5.78. The number of nitrogens with one attached hydrogen (secondary N) is 1. The van der Waals surface area contributed by atoms with E-state index in [1.54, 1.807) is 0 Å². The van der Waals surface area contributed by atoms with Crippen molar-refractivity contribution < 1.29 is 14.7 Å². The smallest absolute Gasteiger partial charge is 0.258 e. The van der Waals surface area contributed by atoms with Crippen LogP contribution in [0.3, 0.4) is 0 Å². The van der Waals surface area contributed by atoms with E-state index < -0.39 is 11.6 Å². The molecule has 1 heterocycles. The predicted molar refractivity (Wildman–Crippen MR) is 133 cm³/mol. The molecule has 1 fully saturated rings. The summed E-state index contributed by atoms with van der Waals surface area (Å²) in [7, 11) is 0. The first-order valence-electron chi connectivity index (χ1n) is 12.0. The van der Waals surface area contributed by atoms with Crippen molar-refractivity contribution in [2.75, 3.05) is 6.26 Å². The van der Waals surface area contributed by atoms with Gasteiger partial charge < -0.3 is 10.4 Å². The summed E-state index contributed by atoms with van der Waals surface area (Å²) in [5, 5.41) is 14.1. The maximum absolute atomic E-state index is 14.4. The van der Waals surface area contributed by atoms with Gasteiger partial charge in [0.2, 0.25) is 0 Å². The van der Waals surface area contributed by atoms with Crippen LogP contribution in [0.1, 0.15) is 80.6 Å². The average molecular weight is 460 g/mol. The molecule has 1 aliphatic heterocycles. The fraction of sp³-hybridized carbons (Fsp3) is 0.704. The van der Waals surface area contributed by atoms with Gasteiger partial charge in [-0.3, -0.25) is 9.59 Å². The highest BCUT2D eigenvalue weighted by Crippen LogP contribution is 2.63. The minimum Gasteiger partial charge on any atom is -0.366 e. The van der Waals surface area contributed by atoms with Gasteiger partial charge in [-0.1, -0.05) is 63.8 Å². The summed E-state index contributed by atoms with van der Waals surface area (Å²) >= 11 is 1.33. The number of thioether (sulfide) groups is 1. The minimum atomic E-state index is -1.46. The molecule has 2 N–H and O–H groups in total. The van der Waals surface area contributed by atoms with Gasteiger partial charge in [-0.05, 0) is 56.6 Å². The summed E-state index contributed by atoms with van der Waals surface area (Å²) in [5.74, 6) is -0.688. The zero-order valence-corrected chi connectivity index (χ0v) is 21.9. The molecule has 32 heavy (non-hydrogen) atoms. The van der Waals surface area contributed by atoms with Crippen LogP contribution in [0, 0.1) is 28.6 Å². The maximum Gasteiger partial charge on any atom is 0.258 e. The lowest BCUT2D eigenvalue weighted by Gasteiger charge is -2.58. The molecule has 3 rings (SSSR count). The quantitative estimate of drug-likeness (QED) is 0.390. The summed E-state index contributed by atoms with van der Waals surface area (Å²) in [5.41, 5.74) is 0.798. The Morgan fingerprint density at radius 2 is 1.94 bits per heavy atom. The van der Waals surface area contributed by atoms with Crippen LogP contribution in [0.4, 0.5) is 0 Å². The molecule has 5 atom stereocenters. The van der Waals surface area contributed by atoms with Crippen molar-refractivity contribution in [2.24, 2.45) is 28.6 Å². The number of carbonyl (C=O) groups is 2. The Labute approximate surface area is 198 Å². The average Bonchev–Trinajstić information content (AvgIpc) is 2.94. The van der Waals surface area contributed by atoms with Crippen LogP contribution in [0.25, 0.3) is 0 Å². The van der Waals surface area contributed by atoms with Gasteiger partial charge in [0.25, 0.3) is 5.91 Å². The van der Waals surface area contributed by atoms with Crippen molar-refractivity contribution in [2.45, 2.75) is 86.3 Å². The number of allylic oxidation sites excluding steroid dienone is 4. The molecule has 0 aromatic heterocycles. The Balaban J connectivity index is 2.22. The first kappa shape index (κ1) is 25.3. The highest BCUT2D eigenvalue weighted by molar-refractivity contribution is 8.02. The van der Waals surface area contributed by atoms with Gasteiger partial charge in [0, 0.05) is 18.3 Å². The molecule has 0 spiro atoms. The lowest BCUT2D eigenvalue weighted by Crippen LogP contribution is -2.54. The molecule has 0 saturated heterocycles. The van der Waals surface area contributed by atoms with Crippen molar-refractivity contribution in [1.29, 1.82) is 0 Å². The van der Waals surface area contributed by atoms with E-state index in [4.69, 9.17) is 0 Å². The first-order valence-corrected chi connectivity index (χ1v) is 13.3. The lowest BCUT2D eigenvalue weighted by atomic mass is 9.45. The Morgan fingerprint density at radius 3 is 2.50 bits per heavy atom. The standard InChI is InChI=1S/C27H41NO3S/c1-9-17(4)19-18(5)15-25(6)12-10-11-13-26(25,7)21(19)22(29)20-23(32-8)27(31,14-16(2)3)28-24(20)30/h9,15-16,19,21,31H,10-14H2,1-8H3,(H,28,30)/b17-9+/t19-,21+,25+,26-,27-/m1/s1. The highest BCUT2D eigenvalue weighted by Gasteiger charge is 2.59. The van der Waals surface area contributed by atoms with E-state index in [0.29, 0.717) is 11.3 Å². The van der Waals surface area contributed by atoms with E-state index in [9.17, 15) is 14.7 Å². The molecule has 0 unspecified atom stereocenters. The number of ketones is 1. The van der Waals surface area contributed by atoms with Crippen LogP contribution >= 0.6 is 11.8 Å². The highest BCUT2D eigenvalue weighted by atomic mass is 32.2. The first-order chi connectivity index (χ1) is 14.8. The maximum atomic E-state index is 14.4. The van der Waals surface area contributed by atoms with Crippen LogP contribution in [-0.4, -0.2) is 28.8 Å². The van der Waals surface area contributed by atoms with Gasteiger partial charge in [0.1, 0.15) is 0 Å². The number of hydrogen-bond donors (Lipinski definition) is 2. The third kappa shape index (κ3) is 3.83. The third-order valence-electron chi connectivity index (χ3n) is 8.54. The van der Waals surface area contributed by atoms with Crippen LogP contribution in [0.15, 0.2) is 33.8 Å². The van der Waals surface area contributed by atoms with Gasteiger partial charge in [-0.2, -0.15) is 0 Å². The van der Waals surface area contributed by atoms with Crippen molar-refractivity contribution in [3.05, 3.63) is 33.8 Å². The number of hydrogen-bond acceptors (Lipinski definition) is 4. The molecule has 2 aliphatic carbocycles. The zero-order chi connectivity index (χ0) is 24.1. The second-order valence-electron chi connectivity index (χ2n) is 11.1. The fourth-order valence-corrected chi connectivity index (χ4v) is 7.64. The van der Waals surface area contributed by atoms with Crippen LogP contribution in [0.5, 0.6) is 0 Å². The second-order valence-corrected chi connectivity index (χ2v) is 11.9. The van der Waals surface area contributed by atoms with E-state index in [1.165, 1.54) is 22.9 Å². The van der Waals surface area contributed by atoms with Crippen molar-refractivity contribution in [1.82, 2.24) is 5.32 Å². The number of amides is 1. The van der Waals surface area contributed by atoms with E-state index in [2.05, 4.69) is 45.2 Å². The van der Waals surface area contributed by atoms with Crippen molar-refractivity contribution in [3.8, 4) is 0 Å². The van der Waals surface area contributed by atoms with Crippen LogP contribution < -0.4 is 5.32 Å². The summed E-state index contributed by atoms with van der Waals surface area (Å²) in [6.45, 7) is 14.9.